The molecule has 146 valence electrons. The lowest BCUT2D eigenvalue weighted by Gasteiger charge is -2.30. The Bertz CT molecular complexity index is 568. The number of ketones is 1. The minimum absolute atomic E-state index is 0.0926. The molecule has 0 heterocycles. The van der Waals surface area contributed by atoms with E-state index < -0.39 is 0 Å². The molecule has 0 N–H and O–H groups in total. The largest absolute Gasteiger partial charge is 0.496 e. The molecular formula is C23H36O3. The van der Waals surface area contributed by atoms with Crippen LogP contribution in [0.5, 0.6) is 11.5 Å². The van der Waals surface area contributed by atoms with E-state index in [1.54, 1.807) is 14.2 Å². The number of carbonyl (C=O) groups excluding carboxylic acids is 1. The van der Waals surface area contributed by atoms with Gasteiger partial charge in [0.25, 0.3) is 0 Å². The number of methoxy groups -OCH3 is 2. The minimum Gasteiger partial charge on any atom is -0.496 e. The fraction of sp³-hybridized carbons (Fsp3) is 0.696. The molecule has 0 saturated heterocycles. The Morgan fingerprint density at radius 2 is 1.58 bits per heavy atom. The molecule has 1 aliphatic rings. The zero-order valence-corrected chi connectivity index (χ0v) is 17.3. The van der Waals surface area contributed by atoms with Gasteiger partial charge in [0, 0.05) is 18.4 Å². The maximum Gasteiger partial charge on any atom is 0.132 e. The van der Waals surface area contributed by atoms with E-state index in [1.165, 1.54) is 31.2 Å². The maximum absolute atomic E-state index is 11.6. The van der Waals surface area contributed by atoms with Crippen LogP contribution in [0.4, 0.5) is 0 Å². The molecule has 0 aromatic heterocycles. The second-order valence-corrected chi connectivity index (χ2v) is 8.30. The molecule has 3 nitrogen and oxygen atoms in total. The Kier molecular flexibility index (Phi) is 7.55. The molecule has 2 rings (SSSR count). The quantitative estimate of drug-likeness (QED) is 0.493. The van der Waals surface area contributed by atoms with Gasteiger partial charge in [-0.2, -0.15) is 0 Å². The van der Waals surface area contributed by atoms with Crippen molar-refractivity contribution in [3.8, 4) is 11.5 Å². The predicted octanol–water partition coefficient (Wildman–Crippen LogP) is 6.18. The molecule has 3 heteroatoms. The number of carbonyl (C=O) groups is 1. The van der Waals surface area contributed by atoms with Crippen LogP contribution < -0.4 is 9.47 Å². The van der Waals surface area contributed by atoms with Crippen LogP contribution in [0.1, 0.15) is 95.6 Å². The molecule has 26 heavy (non-hydrogen) atoms. The standard InChI is InChI=1S/C23H36O3/c1-6-7-8-9-14-23(2,3)18-15-20(25-4)22(21(16-18)26-5)17-10-12-19(24)13-11-17/h15-17H,6-14H2,1-5H3. The summed E-state index contributed by atoms with van der Waals surface area (Å²) in [6.07, 6.45) is 9.40. The Balaban J connectivity index is 2.28. The lowest BCUT2D eigenvalue weighted by atomic mass is 9.77. The zero-order valence-electron chi connectivity index (χ0n) is 17.3. The summed E-state index contributed by atoms with van der Waals surface area (Å²) in [4.78, 5) is 11.6. The van der Waals surface area contributed by atoms with Crippen LogP contribution in [0.25, 0.3) is 0 Å². The highest BCUT2D eigenvalue weighted by Gasteiger charge is 2.29. The van der Waals surface area contributed by atoms with E-state index in [2.05, 4.69) is 32.9 Å². The molecule has 1 aromatic rings. The van der Waals surface area contributed by atoms with Crippen molar-refractivity contribution in [3.63, 3.8) is 0 Å². The molecule has 0 spiro atoms. The van der Waals surface area contributed by atoms with Crippen molar-refractivity contribution in [2.24, 2.45) is 0 Å². The molecule has 1 aromatic carbocycles. The first-order valence-electron chi connectivity index (χ1n) is 10.2. The highest BCUT2D eigenvalue weighted by Crippen LogP contribution is 2.45. The summed E-state index contributed by atoms with van der Waals surface area (Å²) < 4.78 is 11.6. The van der Waals surface area contributed by atoms with Crippen LogP contribution in [0.3, 0.4) is 0 Å². The molecule has 0 unspecified atom stereocenters. The molecule has 0 aliphatic heterocycles. The van der Waals surface area contributed by atoms with Gasteiger partial charge < -0.3 is 9.47 Å². The van der Waals surface area contributed by atoms with Crippen LogP contribution in [0, 0.1) is 0 Å². The van der Waals surface area contributed by atoms with Gasteiger partial charge in [0.05, 0.1) is 14.2 Å². The first-order chi connectivity index (χ1) is 12.4. The molecule has 0 radical (unpaired) electrons. The van der Waals surface area contributed by atoms with Gasteiger partial charge in [0.15, 0.2) is 0 Å². The molecule has 0 atom stereocenters. The Morgan fingerprint density at radius 3 is 2.08 bits per heavy atom. The second-order valence-electron chi connectivity index (χ2n) is 8.30. The summed E-state index contributed by atoms with van der Waals surface area (Å²) >= 11 is 0. The van der Waals surface area contributed by atoms with E-state index in [-0.39, 0.29) is 5.41 Å². The summed E-state index contributed by atoms with van der Waals surface area (Å²) in [5.41, 5.74) is 2.52. The van der Waals surface area contributed by atoms with E-state index in [9.17, 15) is 4.79 Å². The van der Waals surface area contributed by atoms with Gasteiger partial charge in [0.1, 0.15) is 17.3 Å². The lowest BCUT2D eigenvalue weighted by molar-refractivity contribution is -0.120. The Morgan fingerprint density at radius 1 is 1.00 bits per heavy atom. The molecule has 0 bridgehead atoms. The van der Waals surface area contributed by atoms with Crippen LogP contribution in [-0.4, -0.2) is 20.0 Å². The smallest absolute Gasteiger partial charge is 0.132 e. The van der Waals surface area contributed by atoms with Crippen molar-refractivity contribution < 1.29 is 14.3 Å². The number of rotatable bonds is 9. The second kappa shape index (κ2) is 9.43. The van der Waals surface area contributed by atoms with Crippen molar-refractivity contribution in [2.45, 2.75) is 89.9 Å². The average Bonchev–Trinajstić information content (AvgIpc) is 2.64. The summed E-state index contributed by atoms with van der Waals surface area (Å²) in [6.45, 7) is 6.87. The number of ether oxygens (including phenoxy) is 2. The predicted molar refractivity (Wildman–Crippen MR) is 108 cm³/mol. The number of benzene rings is 1. The van der Waals surface area contributed by atoms with Crippen LogP contribution in [0.2, 0.25) is 0 Å². The fourth-order valence-electron chi connectivity index (χ4n) is 4.10. The molecule has 0 amide bonds. The van der Waals surface area contributed by atoms with E-state index in [0.29, 0.717) is 24.5 Å². The third-order valence-corrected chi connectivity index (χ3v) is 5.93. The number of Topliss-reactive ketones (excluding diaryl/α,β-unsaturated/α-hetero) is 1. The Labute approximate surface area is 159 Å². The average molecular weight is 361 g/mol. The van der Waals surface area contributed by atoms with Gasteiger partial charge in [0.2, 0.25) is 0 Å². The van der Waals surface area contributed by atoms with Crippen LogP contribution in [-0.2, 0) is 10.2 Å². The van der Waals surface area contributed by atoms with E-state index >= 15 is 0 Å². The van der Waals surface area contributed by atoms with Crippen molar-refractivity contribution in [3.05, 3.63) is 23.3 Å². The van der Waals surface area contributed by atoms with Crippen LogP contribution in [0.15, 0.2) is 12.1 Å². The number of unbranched alkanes of at least 4 members (excludes halogenated alkanes) is 3. The SMILES string of the molecule is CCCCCCC(C)(C)c1cc(OC)c(C2CCC(=O)CC2)c(OC)c1. The molecular weight excluding hydrogens is 324 g/mol. The highest BCUT2D eigenvalue weighted by molar-refractivity contribution is 5.79. The van der Waals surface area contributed by atoms with Crippen molar-refractivity contribution in [2.75, 3.05) is 14.2 Å². The molecule has 1 fully saturated rings. The molecule has 1 saturated carbocycles. The normalized spacial score (nSPS) is 16.0. The summed E-state index contributed by atoms with van der Waals surface area (Å²) in [6, 6.07) is 4.40. The van der Waals surface area contributed by atoms with Gasteiger partial charge in [-0.1, -0.05) is 46.5 Å². The first-order valence-corrected chi connectivity index (χ1v) is 10.2. The third-order valence-electron chi connectivity index (χ3n) is 5.93. The highest BCUT2D eigenvalue weighted by atomic mass is 16.5. The third kappa shape index (κ3) is 5.02. The van der Waals surface area contributed by atoms with E-state index in [0.717, 1.165) is 36.3 Å². The van der Waals surface area contributed by atoms with Gasteiger partial charge >= 0.3 is 0 Å². The molecule has 1 aliphatic carbocycles. The summed E-state index contributed by atoms with van der Waals surface area (Å²) in [5, 5.41) is 0. The monoisotopic (exact) mass is 360 g/mol. The van der Waals surface area contributed by atoms with Gasteiger partial charge in [-0.15, -0.1) is 0 Å². The topological polar surface area (TPSA) is 35.5 Å². The maximum atomic E-state index is 11.6. The van der Waals surface area contributed by atoms with Gasteiger partial charge in [-0.05, 0) is 48.3 Å². The van der Waals surface area contributed by atoms with Gasteiger partial charge in [-0.3, -0.25) is 4.79 Å². The summed E-state index contributed by atoms with van der Waals surface area (Å²) in [5.74, 6) is 2.56. The van der Waals surface area contributed by atoms with Gasteiger partial charge in [-0.25, -0.2) is 0 Å². The minimum atomic E-state index is 0.0926. The van der Waals surface area contributed by atoms with Crippen molar-refractivity contribution in [1.29, 1.82) is 0 Å². The first kappa shape index (κ1) is 20.8. The van der Waals surface area contributed by atoms with E-state index in [1.807, 2.05) is 0 Å². The van der Waals surface area contributed by atoms with Crippen LogP contribution >= 0.6 is 0 Å². The Hall–Kier alpha value is -1.51. The lowest BCUT2D eigenvalue weighted by Crippen LogP contribution is -2.19. The number of hydrogen-bond acceptors (Lipinski definition) is 3. The number of hydrogen-bond donors (Lipinski definition) is 0. The van der Waals surface area contributed by atoms with Crippen molar-refractivity contribution in [1.82, 2.24) is 0 Å². The zero-order chi connectivity index (χ0) is 19.2. The van der Waals surface area contributed by atoms with Crippen molar-refractivity contribution >= 4 is 5.78 Å². The fourth-order valence-corrected chi connectivity index (χ4v) is 4.10. The summed E-state index contributed by atoms with van der Waals surface area (Å²) in [7, 11) is 3.48. The van der Waals surface area contributed by atoms with E-state index in [4.69, 9.17) is 9.47 Å².